The third kappa shape index (κ3) is 3.89. The van der Waals surface area contributed by atoms with Crippen LogP contribution in [0.5, 0.6) is 11.5 Å². The highest BCUT2D eigenvalue weighted by molar-refractivity contribution is 5.85. The molecule has 0 aliphatic rings. The summed E-state index contributed by atoms with van der Waals surface area (Å²) in [5, 5.41) is 18.2. The summed E-state index contributed by atoms with van der Waals surface area (Å²) in [6.07, 6.45) is 0.496. The average Bonchev–Trinajstić information content (AvgIpc) is 2.22. The van der Waals surface area contributed by atoms with Gasteiger partial charge in [-0.25, -0.2) is 0 Å². The molecule has 0 aliphatic heterocycles. The molecule has 0 radical (unpaired) electrons. The van der Waals surface area contributed by atoms with Crippen LogP contribution >= 0.6 is 12.4 Å². The molecule has 1 atom stereocenters. The first-order chi connectivity index (χ1) is 7.19. The number of phenols is 1. The summed E-state index contributed by atoms with van der Waals surface area (Å²) >= 11 is 0. The number of hydrogen-bond acceptors (Lipinski definition) is 4. The molecular formula is C11H18ClNO3. The third-order valence-corrected chi connectivity index (χ3v) is 2.15. The van der Waals surface area contributed by atoms with Gasteiger partial charge in [-0.15, -0.1) is 12.4 Å². The molecule has 0 aliphatic carbocycles. The van der Waals surface area contributed by atoms with Crippen molar-refractivity contribution in [2.45, 2.75) is 19.4 Å². The Morgan fingerprint density at radius 3 is 2.69 bits per heavy atom. The highest BCUT2D eigenvalue weighted by Crippen LogP contribution is 2.29. The van der Waals surface area contributed by atoms with Crippen molar-refractivity contribution in [2.24, 2.45) is 5.73 Å². The van der Waals surface area contributed by atoms with Gasteiger partial charge in [0.25, 0.3) is 0 Å². The minimum Gasteiger partial charge on any atom is -0.504 e. The molecule has 0 spiro atoms. The first kappa shape index (κ1) is 15.0. The molecule has 0 aromatic heterocycles. The van der Waals surface area contributed by atoms with E-state index in [2.05, 4.69) is 0 Å². The normalized spacial score (nSPS) is 11.7. The zero-order valence-corrected chi connectivity index (χ0v) is 10.0. The number of phenolic OH excluding ortho intramolecular Hbond substituents is 1. The monoisotopic (exact) mass is 247 g/mol. The first-order valence-corrected chi connectivity index (χ1v) is 5.01. The van der Waals surface area contributed by atoms with Crippen LogP contribution in [0.15, 0.2) is 18.2 Å². The number of ether oxygens (including phenoxy) is 1. The van der Waals surface area contributed by atoms with E-state index < -0.39 is 0 Å². The van der Waals surface area contributed by atoms with Crippen LogP contribution in [-0.2, 0) is 0 Å². The van der Waals surface area contributed by atoms with Gasteiger partial charge in [-0.3, -0.25) is 0 Å². The molecule has 1 rings (SSSR count). The van der Waals surface area contributed by atoms with Gasteiger partial charge in [0.05, 0.1) is 6.61 Å². The standard InChI is InChI=1S/C11H17NO3.ClH/c1-2-15-11-7-8(3-4-10(11)14)9(12)5-6-13;/h3-4,7,9,13-14H,2,5-6,12H2,1H3;1H. The maximum absolute atomic E-state index is 9.46. The lowest BCUT2D eigenvalue weighted by atomic mass is 10.0. The van der Waals surface area contributed by atoms with Gasteiger partial charge in [-0.2, -0.15) is 0 Å². The second kappa shape index (κ2) is 7.33. The molecule has 0 amide bonds. The molecule has 0 fully saturated rings. The second-order valence-corrected chi connectivity index (χ2v) is 3.28. The number of halogens is 1. The van der Waals surface area contributed by atoms with Gasteiger partial charge < -0.3 is 20.7 Å². The van der Waals surface area contributed by atoms with Crippen molar-refractivity contribution >= 4 is 12.4 Å². The summed E-state index contributed by atoms with van der Waals surface area (Å²) < 4.78 is 5.24. The second-order valence-electron chi connectivity index (χ2n) is 3.28. The number of hydrogen-bond donors (Lipinski definition) is 3. The van der Waals surface area contributed by atoms with Crippen LogP contribution in [0, 0.1) is 0 Å². The Balaban J connectivity index is 0.00000225. The van der Waals surface area contributed by atoms with Crippen LogP contribution in [0.25, 0.3) is 0 Å². The minimum absolute atomic E-state index is 0. The van der Waals surface area contributed by atoms with E-state index in [-0.39, 0.29) is 30.8 Å². The quantitative estimate of drug-likeness (QED) is 0.739. The Kier molecular flexibility index (Phi) is 6.88. The van der Waals surface area contributed by atoms with E-state index in [1.807, 2.05) is 6.92 Å². The van der Waals surface area contributed by atoms with Gasteiger partial charge in [0.2, 0.25) is 0 Å². The lowest BCUT2D eigenvalue weighted by Gasteiger charge is -2.13. The molecule has 0 saturated carbocycles. The lowest BCUT2D eigenvalue weighted by molar-refractivity contribution is 0.276. The van der Waals surface area contributed by atoms with E-state index in [1.54, 1.807) is 18.2 Å². The summed E-state index contributed by atoms with van der Waals surface area (Å²) in [5.41, 5.74) is 6.68. The maximum Gasteiger partial charge on any atom is 0.161 e. The van der Waals surface area contributed by atoms with Crippen molar-refractivity contribution in [3.8, 4) is 11.5 Å². The highest BCUT2D eigenvalue weighted by atomic mass is 35.5. The van der Waals surface area contributed by atoms with Gasteiger partial charge >= 0.3 is 0 Å². The largest absolute Gasteiger partial charge is 0.504 e. The van der Waals surface area contributed by atoms with E-state index in [0.29, 0.717) is 18.8 Å². The van der Waals surface area contributed by atoms with Crippen molar-refractivity contribution < 1.29 is 14.9 Å². The Hall–Kier alpha value is -0.970. The van der Waals surface area contributed by atoms with Crippen molar-refractivity contribution in [1.29, 1.82) is 0 Å². The van der Waals surface area contributed by atoms with Crippen molar-refractivity contribution in [3.05, 3.63) is 23.8 Å². The van der Waals surface area contributed by atoms with Crippen LogP contribution in [0.1, 0.15) is 24.9 Å². The summed E-state index contributed by atoms with van der Waals surface area (Å²) in [7, 11) is 0. The number of benzene rings is 1. The average molecular weight is 248 g/mol. The molecule has 0 heterocycles. The smallest absolute Gasteiger partial charge is 0.161 e. The number of nitrogens with two attached hydrogens (primary N) is 1. The Labute approximate surface area is 101 Å². The zero-order chi connectivity index (χ0) is 11.3. The number of aromatic hydroxyl groups is 1. The molecule has 1 aromatic rings. The number of aliphatic hydroxyl groups is 1. The lowest BCUT2D eigenvalue weighted by Crippen LogP contribution is -2.12. The number of aliphatic hydroxyl groups excluding tert-OH is 1. The molecule has 1 aromatic carbocycles. The van der Waals surface area contributed by atoms with Crippen molar-refractivity contribution in [3.63, 3.8) is 0 Å². The summed E-state index contributed by atoms with van der Waals surface area (Å²) in [4.78, 5) is 0. The van der Waals surface area contributed by atoms with E-state index in [4.69, 9.17) is 15.6 Å². The summed E-state index contributed by atoms with van der Waals surface area (Å²) in [6, 6.07) is 4.77. The van der Waals surface area contributed by atoms with E-state index in [0.717, 1.165) is 5.56 Å². The predicted octanol–water partition coefficient (Wildman–Crippen LogP) is 1.59. The van der Waals surface area contributed by atoms with Gasteiger partial charge in [0, 0.05) is 12.6 Å². The molecule has 92 valence electrons. The van der Waals surface area contributed by atoms with Crippen molar-refractivity contribution in [1.82, 2.24) is 0 Å². The summed E-state index contributed by atoms with van der Waals surface area (Å²) in [5.74, 6) is 0.542. The van der Waals surface area contributed by atoms with Crippen LogP contribution in [-0.4, -0.2) is 23.4 Å². The molecule has 4 N–H and O–H groups in total. The van der Waals surface area contributed by atoms with Gasteiger partial charge in [0.15, 0.2) is 11.5 Å². The molecule has 4 nitrogen and oxygen atoms in total. The molecular weight excluding hydrogens is 230 g/mol. The van der Waals surface area contributed by atoms with Crippen LogP contribution in [0.4, 0.5) is 0 Å². The Morgan fingerprint density at radius 2 is 2.12 bits per heavy atom. The molecule has 1 unspecified atom stereocenters. The van der Waals surface area contributed by atoms with E-state index in [9.17, 15) is 5.11 Å². The van der Waals surface area contributed by atoms with Crippen LogP contribution in [0.3, 0.4) is 0 Å². The highest BCUT2D eigenvalue weighted by Gasteiger charge is 2.09. The summed E-state index contributed by atoms with van der Waals surface area (Å²) in [6.45, 7) is 2.39. The molecule has 0 bridgehead atoms. The predicted molar refractivity (Wildman–Crippen MR) is 65.2 cm³/mol. The van der Waals surface area contributed by atoms with Crippen LogP contribution in [0.2, 0.25) is 0 Å². The Morgan fingerprint density at radius 1 is 1.44 bits per heavy atom. The molecule has 0 saturated heterocycles. The molecule has 16 heavy (non-hydrogen) atoms. The van der Waals surface area contributed by atoms with Gasteiger partial charge in [-0.05, 0) is 31.0 Å². The topological polar surface area (TPSA) is 75.7 Å². The fourth-order valence-electron chi connectivity index (χ4n) is 1.34. The SMILES string of the molecule is CCOc1cc(C(N)CCO)ccc1O.Cl. The third-order valence-electron chi connectivity index (χ3n) is 2.15. The van der Waals surface area contributed by atoms with Crippen LogP contribution < -0.4 is 10.5 Å². The van der Waals surface area contributed by atoms with E-state index >= 15 is 0 Å². The Bertz CT molecular complexity index is 320. The number of rotatable bonds is 5. The zero-order valence-electron chi connectivity index (χ0n) is 9.22. The van der Waals surface area contributed by atoms with E-state index in [1.165, 1.54) is 0 Å². The van der Waals surface area contributed by atoms with Gasteiger partial charge in [-0.1, -0.05) is 6.07 Å². The minimum atomic E-state index is -0.227. The van der Waals surface area contributed by atoms with Crippen molar-refractivity contribution in [2.75, 3.05) is 13.2 Å². The first-order valence-electron chi connectivity index (χ1n) is 5.01. The van der Waals surface area contributed by atoms with Gasteiger partial charge in [0.1, 0.15) is 0 Å². The molecule has 5 heteroatoms. The fourth-order valence-corrected chi connectivity index (χ4v) is 1.34. The maximum atomic E-state index is 9.46. The fraction of sp³-hybridized carbons (Fsp3) is 0.455.